The van der Waals surface area contributed by atoms with Crippen molar-refractivity contribution in [1.82, 2.24) is 5.43 Å². The van der Waals surface area contributed by atoms with Crippen molar-refractivity contribution >= 4 is 12.1 Å². The molecule has 2 N–H and O–H groups in total. The Hall–Kier alpha value is -4.00. The standard InChI is InChI=1S/C22H20N2O5/c1-27-19-12-13-20(25)16(14-19)15-23-24-21(26)22(28-17-8-4-2-5-9-17)29-18-10-6-3-7-11-18/h2-15,22,25H,1H3,(H,24,26). The summed E-state index contributed by atoms with van der Waals surface area (Å²) in [5.41, 5.74) is 2.75. The molecule has 3 aromatic rings. The van der Waals surface area contributed by atoms with Crippen molar-refractivity contribution in [3.63, 3.8) is 0 Å². The van der Waals surface area contributed by atoms with Crippen LogP contribution in [-0.2, 0) is 4.79 Å². The van der Waals surface area contributed by atoms with Crippen LogP contribution in [0.15, 0.2) is 84.0 Å². The molecule has 0 radical (unpaired) electrons. The second-order valence-corrected chi connectivity index (χ2v) is 5.85. The summed E-state index contributed by atoms with van der Waals surface area (Å²) in [6.07, 6.45) is 0.0357. The molecule has 3 aromatic carbocycles. The molecular formula is C22H20N2O5. The van der Waals surface area contributed by atoms with Crippen molar-refractivity contribution < 1.29 is 24.1 Å². The molecule has 0 unspecified atom stereocenters. The van der Waals surface area contributed by atoms with Gasteiger partial charge in [0.25, 0.3) is 0 Å². The first kappa shape index (κ1) is 19.8. The van der Waals surface area contributed by atoms with Gasteiger partial charge in [-0.25, -0.2) is 5.43 Å². The number of hydrogen-bond acceptors (Lipinski definition) is 6. The molecule has 0 aliphatic heterocycles. The predicted octanol–water partition coefficient (Wildman–Crippen LogP) is 3.34. The van der Waals surface area contributed by atoms with Gasteiger partial charge in [0.1, 0.15) is 23.0 Å². The van der Waals surface area contributed by atoms with E-state index < -0.39 is 12.2 Å². The molecule has 0 aliphatic carbocycles. The summed E-state index contributed by atoms with van der Waals surface area (Å²) < 4.78 is 16.4. The lowest BCUT2D eigenvalue weighted by Crippen LogP contribution is -2.40. The number of rotatable bonds is 8. The summed E-state index contributed by atoms with van der Waals surface area (Å²) in [7, 11) is 1.52. The zero-order valence-electron chi connectivity index (χ0n) is 15.7. The highest BCUT2D eigenvalue weighted by molar-refractivity contribution is 5.86. The lowest BCUT2D eigenvalue weighted by Gasteiger charge is -2.18. The summed E-state index contributed by atoms with van der Waals surface area (Å²) >= 11 is 0. The van der Waals surface area contributed by atoms with Crippen LogP contribution in [0, 0.1) is 0 Å². The van der Waals surface area contributed by atoms with Gasteiger partial charge in [0.15, 0.2) is 0 Å². The van der Waals surface area contributed by atoms with Crippen LogP contribution in [0.5, 0.6) is 23.0 Å². The van der Waals surface area contributed by atoms with E-state index in [-0.39, 0.29) is 5.75 Å². The number of phenols is 1. The van der Waals surface area contributed by atoms with Crippen LogP contribution >= 0.6 is 0 Å². The average molecular weight is 392 g/mol. The van der Waals surface area contributed by atoms with Crippen LogP contribution in [0.2, 0.25) is 0 Å². The maximum atomic E-state index is 12.6. The van der Waals surface area contributed by atoms with E-state index in [2.05, 4.69) is 10.5 Å². The van der Waals surface area contributed by atoms with Gasteiger partial charge in [0.2, 0.25) is 0 Å². The minimum absolute atomic E-state index is 0.00131. The highest BCUT2D eigenvalue weighted by Crippen LogP contribution is 2.21. The molecule has 7 heteroatoms. The zero-order valence-corrected chi connectivity index (χ0v) is 15.7. The topological polar surface area (TPSA) is 89.4 Å². The third-order valence-electron chi connectivity index (χ3n) is 3.80. The number of carbonyl (C=O) groups excluding carboxylic acids is 1. The van der Waals surface area contributed by atoms with Gasteiger partial charge in [-0.2, -0.15) is 5.10 Å². The van der Waals surface area contributed by atoms with Crippen LogP contribution in [-0.4, -0.2) is 30.6 Å². The minimum atomic E-state index is -1.27. The lowest BCUT2D eigenvalue weighted by molar-refractivity contribution is -0.140. The molecule has 29 heavy (non-hydrogen) atoms. The fraction of sp³-hybridized carbons (Fsp3) is 0.0909. The molecule has 0 saturated heterocycles. The number of para-hydroxylation sites is 2. The van der Waals surface area contributed by atoms with E-state index in [1.807, 2.05) is 12.1 Å². The van der Waals surface area contributed by atoms with Gasteiger partial charge in [-0.1, -0.05) is 36.4 Å². The number of benzene rings is 3. The number of nitrogens with one attached hydrogen (secondary N) is 1. The number of aromatic hydroxyl groups is 1. The number of nitrogens with zero attached hydrogens (tertiary/aromatic N) is 1. The van der Waals surface area contributed by atoms with Crippen LogP contribution in [0.3, 0.4) is 0 Å². The van der Waals surface area contributed by atoms with Gasteiger partial charge in [0, 0.05) is 5.56 Å². The molecule has 0 spiro atoms. The van der Waals surface area contributed by atoms with Crippen LogP contribution < -0.4 is 19.6 Å². The summed E-state index contributed by atoms with van der Waals surface area (Å²) in [4.78, 5) is 12.6. The maximum absolute atomic E-state index is 12.6. The van der Waals surface area contributed by atoms with Crippen molar-refractivity contribution in [2.75, 3.05) is 7.11 Å². The molecule has 0 atom stereocenters. The molecule has 0 fully saturated rings. The van der Waals surface area contributed by atoms with E-state index in [9.17, 15) is 9.90 Å². The molecule has 0 heterocycles. The van der Waals surface area contributed by atoms with E-state index in [0.29, 0.717) is 22.8 Å². The monoisotopic (exact) mass is 392 g/mol. The summed E-state index contributed by atoms with van der Waals surface area (Å²) in [6.45, 7) is 0. The molecule has 0 saturated carbocycles. The number of carbonyl (C=O) groups is 1. The highest BCUT2D eigenvalue weighted by Gasteiger charge is 2.22. The van der Waals surface area contributed by atoms with Crippen molar-refractivity contribution in [3.8, 4) is 23.0 Å². The quantitative estimate of drug-likeness (QED) is 0.349. The van der Waals surface area contributed by atoms with E-state index in [4.69, 9.17) is 14.2 Å². The first-order valence-corrected chi connectivity index (χ1v) is 8.79. The number of hydrazone groups is 1. The number of hydrogen-bond donors (Lipinski definition) is 2. The Bertz CT molecular complexity index is 920. The molecule has 148 valence electrons. The first-order chi connectivity index (χ1) is 14.2. The Morgan fingerprint density at radius 1 is 0.931 bits per heavy atom. The minimum Gasteiger partial charge on any atom is -0.507 e. The molecular weight excluding hydrogens is 372 g/mol. The van der Waals surface area contributed by atoms with E-state index in [1.54, 1.807) is 60.7 Å². The van der Waals surface area contributed by atoms with Gasteiger partial charge >= 0.3 is 12.2 Å². The Morgan fingerprint density at radius 2 is 1.52 bits per heavy atom. The normalized spacial score (nSPS) is 10.7. The molecule has 0 aromatic heterocycles. The Balaban J connectivity index is 1.72. The van der Waals surface area contributed by atoms with Gasteiger partial charge in [-0.05, 0) is 42.5 Å². The number of methoxy groups -OCH3 is 1. The van der Waals surface area contributed by atoms with Gasteiger partial charge in [0.05, 0.1) is 13.3 Å². The predicted molar refractivity (Wildman–Crippen MR) is 108 cm³/mol. The largest absolute Gasteiger partial charge is 0.507 e. The second kappa shape index (κ2) is 9.80. The van der Waals surface area contributed by atoms with Crippen LogP contribution in [0.4, 0.5) is 0 Å². The van der Waals surface area contributed by atoms with Crippen molar-refractivity contribution in [2.24, 2.45) is 5.10 Å². The van der Waals surface area contributed by atoms with Crippen molar-refractivity contribution in [3.05, 3.63) is 84.4 Å². The molecule has 0 aliphatic rings. The second-order valence-electron chi connectivity index (χ2n) is 5.85. The maximum Gasteiger partial charge on any atom is 0.323 e. The third kappa shape index (κ3) is 5.74. The average Bonchev–Trinajstić information content (AvgIpc) is 2.76. The fourth-order valence-corrected chi connectivity index (χ4v) is 2.36. The van der Waals surface area contributed by atoms with Crippen LogP contribution in [0.25, 0.3) is 0 Å². The highest BCUT2D eigenvalue weighted by atomic mass is 16.7. The van der Waals surface area contributed by atoms with Crippen molar-refractivity contribution in [1.29, 1.82) is 0 Å². The SMILES string of the molecule is COc1ccc(O)c(C=NNC(=O)C(Oc2ccccc2)Oc2ccccc2)c1. The number of ether oxygens (including phenoxy) is 3. The summed E-state index contributed by atoms with van der Waals surface area (Å²) in [5.74, 6) is 0.877. The van der Waals surface area contributed by atoms with Gasteiger partial charge < -0.3 is 19.3 Å². The Morgan fingerprint density at radius 3 is 2.07 bits per heavy atom. The molecule has 7 nitrogen and oxygen atoms in total. The van der Waals surface area contributed by atoms with Gasteiger partial charge in [-0.15, -0.1) is 0 Å². The first-order valence-electron chi connectivity index (χ1n) is 8.79. The van der Waals surface area contributed by atoms with E-state index in [1.165, 1.54) is 19.4 Å². The van der Waals surface area contributed by atoms with Gasteiger partial charge in [-0.3, -0.25) is 4.79 Å². The molecule has 0 bridgehead atoms. The Labute approximate surface area is 168 Å². The third-order valence-corrected chi connectivity index (χ3v) is 3.80. The fourth-order valence-electron chi connectivity index (χ4n) is 2.36. The molecule has 1 amide bonds. The number of amides is 1. The summed E-state index contributed by atoms with van der Waals surface area (Å²) in [6, 6.07) is 22.4. The lowest BCUT2D eigenvalue weighted by atomic mass is 10.2. The zero-order chi connectivity index (χ0) is 20.5. The smallest absolute Gasteiger partial charge is 0.323 e. The van der Waals surface area contributed by atoms with Crippen LogP contribution in [0.1, 0.15) is 5.56 Å². The van der Waals surface area contributed by atoms with Crippen molar-refractivity contribution in [2.45, 2.75) is 6.29 Å². The Kier molecular flexibility index (Phi) is 6.67. The summed E-state index contributed by atoms with van der Waals surface area (Å²) in [5, 5.41) is 13.8. The molecule has 3 rings (SSSR count). The van der Waals surface area contributed by atoms with E-state index >= 15 is 0 Å². The number of phenolic OH excluding ortho intramolecular Hbond substituents is 1. The van der Waals surface area contributed by atoms with E-state index in [0.717, 1.165) is 0 Å².